The Bertz CT molecular complexity index is 1760. The molecule has 3 aliphatic heterocycles. The van der Waals surface area contributed by atoms with Crippen LogP contribution in [-0.2, 0) is 14.4 Å². The molecule has 222 valence electrons. The SMILES string of the molecule is O=C1[C@@H]2[C@@H](N=NN2CC(=O)N2N=C3/C(=C/c4ccc(Cl)cc4)CCC[C@H]3[C@H]2c2ccc(Cl)cc2)C(=O)N1c1cccc(Br)c1. The molecular formula is C32H25BrCl2N6O3. The third kappa shape index (κ3) is 5.14. The summed E-state index contributed by atoms with van der Waals surface area (Å²) in [5.74, 6) is -1.32. The molecule has 4 aliphatic rings. The van der Waals surface area contributed by atoms with Gasteiger partial charge in [-0.05, 0) is 84.5 Å². The highest BCUT2D eigenvalue weighted by atomic mass is 79.9. The minimum absolute atomic E-state index is 0.0258. The number of benzene rings is 3. The number of hydrazone groups is 1. The fourth-order valence-electron chi connectivity index (χ4n) is 6.40. The maximum absolute atomic E-state index is 14.1. The van der Waals surface area contributed by atoms with Crippen molar-refractivity contribution in [1.82, 2.24) is 10.0 Å². The monoisotopic (exact) mass is 690 g/mol. The molecule has 3 aromatic carbocycles. The Morgan fingerprint density at radius 2 is 1.68 bits per heavy atom. The van der Waals surface area contributed by atoms with Gasteiger partial charge in [0.2, 0.25) is 0 Å². The zero-order chi connectivity index (χ0) is 30.5. The zero-order valence-corrected chi connectivity index (χ0v) is 26.3. The van der Waals surface area contributed by atoms with Crippen molar-refractivity contribution in [2.24, 2.45) is 21.4 Å². The molecule has 0 spiro atoms. The summed E-state index contributed by atoms with van der Waals surface area (Å²) in [7, 11) is 0. The average molecular weight is 692 g/mol. The molecule has 9 nitrogen and oxygen atoms in total. The number of imide groups is 1. The number of hydrogen-bond donors (Lipinski definition) is 0. The van der Waals surface area contributed by atoms with Gasteiger partial charge in [0.1, 0.15) is 6.54 Å². The van der Waals surface area contributed by atoms with E-state index in [9.17, 15) is 14.4 Å². The fourth-order valence-corrected chi connectivity index (χ4v) is 7.03. The Hall–Kier alpha value is -3.86. The highest BCUT2D eigenvalue weighted by Gasteiger charge is 2.55. The highest BCUT2D eigenvalue weighted by molar-refractivity contribution is 9.10. The molecule has 1 saturated carbocycles. The normalized spacial score (nSPS) is 25.1. The number of hydrogen-bond acceptors (Lipinski definition) is 7. The van der Waals surface area contributed by atoms with Crippen LogP contribution in [0.15, 0.2) is 98.3 Å². The molecule has 3 aromatic rings. The van der Waals surface area contributed by atoms with Crippen molar-refractivity contribution < 1.29 is 14.4 Å². The van der Waals surface area contributed by atoms with Gasteiger partial charge in [-0.1, -0.05) is 74.7 Å². The predicted octanol–water partition coefficient (Wildman–Crippen LogP) is 6.87. The van der Waals surface area contributed by atoms with E-state index >= 15 is 0 Å². The number of rotatable bonds is 5. The fraction of sp³-hybridized carbons (Fsp3) is 0.250. The number of nitrogens with zero attached hydrogens (tertiary/aromatic N) is 6. The largest absolute Gasteiger partial charge is 0.271 e. The zero-order valence-electron chi connectivity index (χ0n) is 23.2. The Kier molecular flexibility index (Phi) is 7.60. The predicted molar refractivity (Wildman–Crippen MR) is 171 cm³/mol. The number of allylic oxidation sites excluding steroid dienone is 1. The second-order valence-corrected chi connectivity index (χ2v) is 12.9. The van der Waals surface area contributed by atoms with Crippen molar-refractivity contribution in [2.45, 2.75) is 37.4 Å². The van der Waals surface area contributed by atoms with E-state index in [2.05, 4.69) is 32.3 Å². The second kappa shape index (κ2) is 11.6. The first-order valence-corrected chi connectivity index (χ1v) is 15.8. The molecule has 4 atom stereocenters. The molecule has 1 saturated heterocycles. The van der Waals surface area contributed by atoms with Crippen LogP contribution in [0.1, 0.15) is 36.4 Å². The van der Waals surface area contributed by atoms with Gasteiger partial charge in [0.15, 0.2) is 12.1 Å². The summed E-state index contributed by atoms with van der Waals surface area (Å²) in [6, 6.07) is 19.6. The van der Waals surface area contributed by atoms with E-state index in [1.807, 2.05) is 54.6 Å². The minimum Gasteiger partial charge on any atom is -0.271 e. The van der Waals surface area contributed by atoms with E-state index in [0.717, 1.165) is 51.0 Å². The molecule has 0 aromatic heterocycles. The summed E-state index contributed by atoms with van der Waals surface area (Å²) in [6.07, 6.45) is 4.74. The second-order valence-electron chi connectivity index (χ2n) is 11.1. The van der Waals surface area contributed by atoms with Crippen LogP contribution >= 0.6 is 39.1 Å². The molecule has 2 fully saturated rings. The number of carbonyl (C=O) groups excluding carboxylic acids is 3. The van der Waals surface area contributed by atoms with Crippen molar-refractivity contribution in [3.8, 4) is 0 Å². The van der Waals surface area contributed by atoms with Gasteiger partial charge in [-0.25, -0.2) is 9.91 Å². The number of anilines is 1. The lowest BCUT2D eigenvalue weighted by atomic mass is 9.77. The smallest absolute Gasteiger partial charge is 0.264 e. The molecule has 7 rings (SSSR count). The van der Waals surface area contributed by atoms with Crippen LogP contribution in [-0.4, -0.2) is 52.1 Å². The number of amides is 3. The van der Waals surface area contributed by atoms with Crippen LogP contribution in [0.2, 0.25) is 10.0 Å². The first-order valence-electron chi connectivity index (χ1n) is 14.2. The van der Waals surface area contributed by atoms with Crippen molar-refractivity contribution in [3.05, 3.63) is 104 Å². The Morgan fingerprint density at radius 1 is 0.955 bits per heavy atom. The van der Waals surface area contributed by atoms with Gasteiger partial charge in [-0.15, -0.1) is 0 Å². The van der Waals surface area contributed by atoms with Crippen LogP contribution < -0.4 is 4.90 Å². The van der Waals surface area contributed by atoms with Crippen LogP contribution in [0.3, 0.4) is 0 Å². The third-order valence-electron chi connectivity index (χ3n) is 8.40. The highest BCUT2D eigenvalue weighted by Crippen LogP contribution is 2.45. The van der Waals surface area contributed by atoms with Gasteiger partial charge in [0.25, 0.3) is 17.7 Å². The maximum Gasteiger partial charge on any atom is 0.264 e. The lowest BCUT2D eigenvalue weighted by Gasteiger charge is -2.30. The van der Waals surface area contributed by atoms with E-state index in [0.29, 0.717) is 15.7 Å². The van der Waals surface area contributed by atoms with Crippen molar-refractivity contribution in [3.63, 3.8) is 0 Å². The molecule has 12 heteroatoms. The van der Waals surface area contributed by atoms with Gasteiger partial charge >= 0.3 is 0 Å². The molecular weight excluding hydrogens is 667 g/mol. The van der Waals surface area contributed by atoms with E-state index in [1.165, 1.54) is 10.0 Å². The Balaban J connectivity index is 1.19. The van der Waals surface area contributed by atoms with Crippen molar-refractivity contribution in [1.29, 1.82) is 0 Å². The lowest BCUT2D eigenvalue weighted by Crippen LogP contribution is -2.45. The molecule has 44 heavy (non-hydrogen) atoms. The van der Waals surface area contributed by atoms with Crippen LogP contribution in [0, 0.1) is 5.92 Å². The van der Waals surface area contributed by atoms with Crippen LogP contribution in [0.25, 0.3) is 6.08 Å². The molecule has 0 unspecified atom stereocenters. The summed E-state index contributed by atoms with van der Waals surface area (Å²) in [5.41, 5.74) is 4.29. The molecule has 1 aliphatic carbocycles. The summed E-state index contributed by atoms with van der Waals surface area (Å²) in [6.45, 7) is -0.264. The minimum atomic E-state index is -1.01. The Morgan fingerprint density at radius 3 is 2.41 bits per heavy atom. The van der Waals surface area contributed by atoms with Crippen LogP contribution in [0.4, 0.5) is 5.69 Å². The molecule has 0 bridgehead atoms. The van der Waals surface area contributed by atoms with Crippen molar-refractivity contribution >= 4 is 74.3 Å². The molecule has 0 radical (unpaired) electrons. The van der Waals surface area contributed by atoms with Gasteiger partial charge in [-0.2, -0.15) is 10.2 Å². The number of halogens is 3. The lowest BCUT2D eigenvalue weighted by molar-refractivity contribution is -0.136. The number of carbonyl (C=O) groups is 3. The summed E-state index contributed by atoms with van der Waals surface area (Å²) in [5, 5.41) is 17.2. The maximum atomic E-state index is 14.1. The molecule has 3 heterocycles. The first kappa shape index (κ1) is 28.9. The van der Waals surface area contributed by atoms with E-state index in [-0.39, 0.29) is 24.4 Å². The van der Waals surface area contributed by atoms with Gasteiger partial charge < -0.3 is 0 Å². The van der Waals surface area contributed by atoms with Gasteiger partial charge in [-0.3, -0.25) is 19.4 Å². The number of fused-ring (bicyclic) bond motifs is 2. The average Bonchev–Trinajstić information content (AvgIpc) is 3.68. The van der Waals surface area contributed by atoms with E-state index in [4.69, 9.17) is 28.3 Å². The Labute approximate surface area is 271 Å². The quantitative estimate of drug-likeness (QED) is 0.273. The molecule has 0 N–H and O–H groups in total. The third-order valence-corrected chi connectivity index (χ3v) is 9.40. The standard InChI is InChI=1S/C32H25BrCl2N6O3/c33-21-4-2-5-24(16-21)40-31(43)28-30(32(40)44)39(38-36-28)17-26(42)41-29(19-9-13-23(35)14-10-19)25-6-1-3-20(27(25)37-41)15-18-7-11-22(34)12-8-18/h2,4-5,7-16,25,28-30H,1,3,6,17H2/b20-15+/t25-,28-,29-,30+/m1/s1. The summed E-state index contributed by atoms with van der Waals surface area (Å²) in [4.78, 5) is 41.9. The van der Waals surface area contributed by atoms with E-state index < -0.39 is 23.9 Å². The van der Waals surface area contributed by atoms with Crippen LogP contribution in [0.5, 0.6) is 0 Å². The summed E-state index contributed by atoms with van der Waals surface area (Å²) >= 11 is 15.7. The van der Waals surface area contributed by atoms with Crippen molar-refractivity contribution in [2.75, 3.05) is 11.4 Å². The van der Waals surface area contributed by atoms with Gasteiger partial charge in [0, 0.05) is 20.4 Å². The van der Waals surface area contributed by atoms with Gasteiger partial charge in [0.05, 0.1) is 17.4 Å². The first-order chi connectivity index (χ1) is 21.3. The molecule has 3 amide bonds. The van der Waals surface area contributed by atoms with E-state index in [1.54, 1.807) is 18.2 Å². The topological polar surface area (TPSA) is 98.0 Å². The summed E-state index contributed by atoms with van der Waals surface area (Å²) < 4.78 is 0.730.